The number of nitrogens with zero attached hydrogens (tertiary/aromatic N) is 1. The Labute approximate surface area is 120 Å². The quantitative estimate of drug-likeness (QED) is 0.336. The van der Waals surface area contributed by atoms with E-state index in [1.807, 2.05) is 22.9 Å². The standard InChI is InChI=1S/C11H18IN3O3/c1-6(2)8-10(17-5-14-12)9(15-16)7(3)18-11(8,4)13/h7,9,14H,1,5,13H2,2-4H3/t7?,9?,11-/m1/s1. The van der Waals surface area contributed by atoms with Gasteiger partial charge in [-0.25, -0.2) is 3.53 Å². The molecule has 102 valence electrons. The van der Waals surface area contributed by atoms with Crippen LogP contribution in [-0.4, -0.2) is 24.6 Å². The highest BCUT2D eigenvalue weighted by molar-refractivity contribution is 14.1. The first-order chi connectivity index (χ1) is 8.35. The molecule has 0 aliphatic carbocycles. The summed E-state index contributed by atoms with van der Waals surface area (Å²) in [5.41, 5.74) is 6.36. The molecule has 0 aromatic rings. The lowest BCUT2D eigenvalue weighted by Crippen LogP contribution is -2.52. The van der Waals surface area contributed by atoms with Crippen molar-refractivity contribution < 1.29 is 9.47 Å². The minimum atomic E-state index is -1.03. The minimum Gasteiger partial charge on any atom is -0.479 e. The van der Waals surface area contributed by atoms with Crippen LogP contribution in [-0.2, 0) is 9.47 Å². The van der Waals surface area contributed by atoms with Crippen LogP contribution in [0, 0.1) is 4.91 Å². The van der Waals surface area contributed by atoms with E-state index >= 15 is 0 Å². The predicted octanol–water partition coefficient (Wildman–Crippen LogP) is 1.96. The first kappa shape index (κ1) is 15.5. The van der Waals surface area contributed by atoms with E-state index in [0.717, 1.165) is 0 Å². The van der Waals surface area contributed by atoms with Crippen LogP contribution in [0.15, 0.2) is 28.7 Å². The number of hydrogen-bond donors (Lipinski definition) is 2. The SMILES string of the molecule is C=C(C)C1=C(OCNI)C(N=O)C(C)O[C@@]1(C)N. The van der Waals surface area contributed by atoms with Gasteiger partial charge in [0.25, 0.3) is 0 Å². The van der Waals surface area contributed by atoms with Crippen LogP contribution < -0.4 is 9.26 Å². The fourth-order valence-corrected chi connectivity index (χ4v) is 2.30. The zero-order valence-corrected chi connectivity index (χ0v) is 12.9. The molecule has 1 aliphatic heterocycles. The van der Waals surface area contributed by atoms with Gasteiger partial charge in [0, 0.05) is 28.4 Å². The number of ether oxygens (including phenoxy) is 2. The lowest BCUT2D eigenvalue weighted by Gasteiger charge is -2.40. The van der Waals surface area contributed by atoms with Crippen LogP contribution in [0.5, 0.6) is 0 Å². The zero-order chi connectivity index (χ0) is 13.9. The van der Waals surface area contributed by atoms with Crippen molar-refractivity contribution in [2.45, 2.75) is 38.6 Å². The van der Waals surface area contributed by atoms with Crippen LogP contribution in [0.3, 0.4) is 0 Å². The number of rotatable bonds is 5. The van der Waals surface area contributed by atoms with Crippen molar-refractivity contribution in [1.29, 1.82) is 0 Å². The van der Waals surface area contributed by atoms with Gasteiger partial charge in [-0.2, -0.15) is 0 Å². The van der Waals surface area contributed by atoms with Crippen LogP contribution in [0.1, 0.15) is 20.8 Å². The van der Waals surface area contributed by atoms with Crippen LogP contribution >= 0.6 is 22.9 Å². The van der Waals surface area contributed by atoms with Gasteiger partial charge in [-0.15, -0.1) is 4.91 Å². The molecule has 1 aliphatic rings. The Morgan fingerprint density at radius 2 is 2.39 bits per heavy atom. The van der Waals surface area contributed by atoms with Gasteiger partial charge < -0.3 is 9.47 Å². The Kier molecular flexibility index (Phi) is 5.26. The molecule has 0 aromatic heterocycles. The number of nitrogens with two attached hydrogens (primary N) is 1. The van der Waals surface area contributed by atoms with Gasteiger partial charge in [0.05, 0.1) is 6.10 Å². The molecule has 3 N–H and O–H groups in total. The molecule has 3 atom stereocenters. The number of nitroso groups, excluding NO2 is 1. The summed E-state index contributed by atoms with van der Waals surface area (Å²) in [5, 5.41) is 3.08. The average Bonchev–Trinajstić information content (AvgIpc) is 2.23. The fourth-order valence-electron chi connectivity index (χ4n) is 2.15. The molecule has 0 aromatic carbocycles. The van der Waals surface area contributed by atoms with Crippen molar-refractivity contribution in [2.24, 2.45) is 10.9 Å². The second kappa shape index (κ2) is 6.09. The Bertz CT molecular complexity index is 382. The van der Waals surface area contributed by atoms with Crippen LogP contribution in [0.25, 0.3) is 0 Å². The normalized spacial score (nSPS) is 32.3. The number of nitrogens with one attached hydrogen (secondary N) is 1. The summed E-state index contributed by atoms with van der Waals surface area (Å²) >= 11 is 1.95. The summed E-state index contributed by atoms with van der Waals surface area (Å²) in [6.07, 6.45) is -0.440. The van der Waals surface area contributed by atoms with Gasteiger partial charge in [-0.1, -0.05) is 11.8 Å². The Morgan fingerprint density at radius 1 is 1.78 bits per heavy atom. The summed E-state index contributed by atoms with van der Waals surface area (Å²) in [4.78, 5) is 11.0. The van der Waals surface area contributed by atoms with E-state index in [1.165, 1.54) is 0 Å². The third-order valence-electron chi connectivity index (χ3n) is 2.71. The molecule has 0 radical (unpaired) electrons. The summed E-state index contributed by atoms with van der Waals surface area (Å²) in [6, 6.07) is -0.710. The summed E-state index contributed by atoms with van der Waals surface area (Å²) in [6.45, 7) is 9.37. The lowest BCUT2D eigenvalue weighted by atomic mass is 9.90. The maximum atomic E-state index is 11.0. The van der Waals surface area contributed by atoms with E-state index in [9.17, 15) is 4.91 Å². The van der Waals surface area contributed by atoms with Gasteiger partial charge >= 0.3 is 0 Å². The van der Waals surface area contributed by atoms with Crippen LogP contribution in [0.2, 0.25) is 0 Å². The van der Waals surface area contributed by atoms with Crippen molar-refractivity contribution >= 4 is 22.9 Å². The molecule has 0 saturated heterocycles. The number of hydrogen-bond acceptors (Lipinski definition) is 6. The van der Waals surface area contributed by atoms with Crippen molar-refractivity contribution in [1.82, 2.24) is 3.53 Å². The molecular formula is C11H18IN3O3. The minimum absolute atomic E-state index is 0.251. The van der Waals surface area contributed by atoms with E-state index in [1.54, 1.807) is 20.8 Å². The summed E-state index contributed by atoms with van der Waals surface area (Å²) in [7, 11) is 0. The Morgan fingerprint density at radius 3 is 2.83 bits per heavy atom. The third kappa shape index (κ3) is 3.08. The van der Waals surface area contributed by atoms with Gasteiger partial charge in [0.15, 0.2) is 6.04 Å². The van der Waals surface area contributed by atoms with E-state index in [0.29, 0.717) is 16.9 Å². The Hall–Kier alpha value is -0.510. The van der Waals surface area contributed by atoms with E-state index < -0.39 is 17.9 Å². The molecule has 0 bridgehead atoms. The number of halogens is 1. The van der Waals surface area contributed by atoms with Crippen molar-refractivity contribution in [3.05, 3.63) is 28.4 Å². The van der Waals surface area contributed by atoms with Gasteiger partial charge in [-0.05, 0) is 26.3 Å². The molecule has 0 saturated carbocycles. The average molecular weight is 367 g/mol. The van der Waals surface area contributed by atoms with E-state index in [2.05, 4.69) is 15.3 Å². The summed E-state index contributed by atoms with van der Waals surface area (Å²) in [5.74, 6) is 0.436. The maximum absolute atomic E-state index is 11.0. The van der Waals surface area contributed by atoms with Crippen molar-refractivity contribution in [3.8, 4) is 0 Å². The largest absolute Gasteiger partial charge is 0.479 e. The fraction of sp³-hybridized carbons (Fsp3) is 0.636. The smallest absolute Gasteiger partial charge is 0.175 e. The molecule has 2 unspecified atom stereocenters. The van der Waals surface area contributed by atoms with E-state index in [-0.39, 0.29) is 6.73 Å². The van der Waals surface area contributed by atoms with Crippen molar-refractivity contribution in [2.75, 3.05) is 6.73 Å². The predicted molar refractivity (Wildman–Crippen MR) is 77.7 cm³/mol. The molecule has 7 heteroatoms. The lowest BCUT2D eigenvalue weighted by molar-refractivity contribution is -0.0776. The third-order valence-corrected chi connectivity index (χ3v) is 3.02. The topological polar surface area (TPSA) is 85.9 Å². The molecule has 18 heavy (non-hydrogen) atoms. The molecule has 1 heterocycles. The highest BCUT2D eigenvalue weighted by Crippen LogP contribution is 2.36. The van der Waals surface area contributed by atoms with Gasteiger partial charge in [0.2, 0.25) is 0 Å². The highest BCUT2D eigenvalue weighted by Gasteiger charge is 2.43. The molecule has 0 amide bonds. The van der Waals surface area contributed by atoms with Gasteiger partial charge in [0.1, 0.15) is 18.2 Å². The van der Waals surface area contributed by atoms with E-state index in [4.69, 9.17) is 15.2 Å². The summed E-state index contributed by atoms with van der Waals surface area (Å²) < 4.78 is 14.0. The maximum Gasteiger partial charge on any atom is 0.175 e. The molecular weight excluding hydrogens is 349 g/mol. The first-order valence-corrected chi connectivity index (χ1v) is 6.59. The molecule has 0 spiro atoms. The van der Waals surface area contributed by atoms with Crippen molar-refractivity contribution in [3.63, 3.8) is 0 Å². The molecule has 6 nitrogen and oxygen atoms in total. The first-order valence-electron chi connectivity index (χ1n) is 5.51. The second-order valence-electron chi connectivity index (χ2n) is 4.42. The second-order valence-corrected chi connectivity index (χ2v) is 5.18. The molecule has 0 fully saturated rings. The van der Waals surface area contributed by atoms with Gasteiger partial charge in [-0.3, -0.25) is 5.73 Å². The monoisotopic (exact) mass is 367 g/mol. The highest BCUT2D eigenvalue weighted by atomic mass is 127. The Balaban J connectivity index is 3.29. The zero-order valence-electron chi connectivity index (χ0n) is 10.7. The van der Waals surface area contributed by atoms with Crippen LogP contribution in [0.4, 0.5) is 0 Å². The molecule has 1 rings (SSSR count).